The van der Waals surface area contributed by atoms with Gasteiger partial charge in [-0.3, -0.25) is 0 Å². The highest BCUT2D eigenvalue weighted by Crippen LogP contribution is 2.27. The molecule has 0 aliphatic carbocycles. The summed E-state index contributed by atoms with van der Waals surface area (Å²) in [6.45, 7) is 4.56. The van der Waals surface area contributed by atoms with Crippen LogP contribution in [0.15, 0.2) is 39.3 Å². The van der Waals surface area contributed by atoms with Gasteiger partial charge in [-0.05, 0) is 64.7 Å². The van der Waals surface area contributed by atoms with Crippen LogP contribution < -0.4 is 5.32 Å². The third-order valence-corrected chi connectivity index (χ3v) is 4.11. The Morgan fingerprint density at radius 3 is 2.26 bits per heavy atom. The molecule has 0 bridgehead atoms. The normalized spacial score (nSPS) is 10.5. The Bertz CT molecular complexity index is 588. The lowest BCUT2D eigenvalue weighted by atomic mass is 10.1. The number of phenols is 1. The van der Waals surface area contributed by atoms with E-state index in [0.29, 0.717) is 5.75 Å². The number of benzene rings is 2. The summed E-state index contributed by atoms with van der Waals surface area (Å²) < 4.78 is 2.07. The molecule has 0 aromatic heterocycles. The van der Waals surface area contributed by atoms with Crippen LogP contribution in [0.5, 0.6) is 5.75 Å². The molecule has 0 spiro atoms. The third kappa shape index (κ3) is 3.51. The molecule has 0 fully saturated rings. The maximum absolute atomic E-state index is 9.76. The number of aryl methyl sites for hydroxylation is 2. The molecule has 100 valence electrons. The average molecular weight is 385 g/mol. The van der Waals surface area contributed by atoms with E-state index in [1.807, 2.05) is 44.2 Å². The predicted octanol–water partition coefficient (Wildman–Crippen LogP) is 5.15. The van der Waals surface area contributed by atoms with Gasteiger partial charge in [-0.25, -0.2) is 0 Å². The summed E-state index contributed by atoms with van der Waals surface area (Å²) in [5, 5.41) is 13.1. The second-order valence-electron chi connectivity index (χ2n) is 4.56. The van der Waals surface area contributed by atoms with Crippen molar-refractivity contribution in [1.29, 1.82) is 0 Å². The second-order valence-corrected chi connectivity index (χ2v) is 6.33. The molecule has 2 N–H and O–H groups in total. The lowest BCUT2D eigenvalue weighted by Crippen LogP contribution is -2.01. The van der Waals surface area contributed by atoms with Crippen LogP contribution in [-0.4, -0.2) is 5.11 Å². The van der Waals surface area contributed by atoms with Crippen molar-refractivity contribution in [3.8, 4) is 5.75 Å². The van der Waals surface area contributed by atoms with Crippen molar-refractivity contribution in [2.75, 3.05) is 5.32 Å². The number of nitrogens with one attached hydrogen (secondary N) is 1. The first-order valence-electron chi connectivity index (χ1n) is 5.95. The quantitative estimate of drug-likeness (QED) is 0.767. The van der Waals surface area contributed by atoms with E-state index in [2.05, 4.69) is 37.2 Å². The van der Waals surface area contributed by atoms with Gasteiger partial charge in [0.1, 0.15) is 5.75 Å². The maximum Gasteiger partial charge on any atom is 0.121 e. The fraction of sp³-hybridized carbons (Fsp3) is 0.200. The average Bonchev–Trinajstić information content (AvgIpc) is 2.34. The van der Waals surface area contributed by atoms with E-state index in [0.717, 1.165) is 37.9 Å². The molecule has 0 atom stereocenters. The van der Waals surface area contributed by atoms with Gasteiger partial charge in [-0.2, -0.15) is 0 Å². The van der Waals surface area contributed by atoms with E-state index in [-0.39, 0.29) is 0 Å². The molecule has 4 heteroatoms. The predicted molar refractivity (Wildman–Crippen MR) is 86.7 cm³/mol. The number of hydrogen-bond donors (Lipinski definition) is 2. The molecule has 2 aromatic carbocycles. The van der Waals surface area contributed by atoms with Crippen molar-refractivity contribution in [1.82, 2.24) is 0 Å². The van der Waals surface area contributed by atoms with Gasteiger partial charge < -0.3 is 10.4 Å². The summed E-state index contributed by atoms with van der Waals surface area (Å²) in [7, 11) is 0. The van der Waals surface area contributed by atoms with Gasteiger partial charge in [0.05, 0.1) is 0 Å². The summed E-state index contributed by atoms with van der Waals surface area (Å²) in [5.74, 6) is 0.383. The Labute approximate surface area is 130 Å². The number of phenolic OH excluding ortho intramolecular Hbond substituents is 1. The zero-order chi connectivity index (χ0) is 14.0. The molecule has 0 heterocycles. The molecular weight excluding hydrogens is 370 g/mol. The van der Waals surface area contributed by atoms with E-state index in [4.69, 9.17) is 0 Å². The zero-order valence-electron chi connectivity index (χ0n) is 10.8. The largest absolute Gasteiger partial charge is 0.507 e. The lowest BCUT2D eigenvalue weighted by Gasteiger charge is -2.11. The number of halogens is 2. The van der Waals surface area contributed by atoms with Gasteiger partial charge >= 0.3 is 0 Å². The fourth-order valence-electron chi connectivity index (χ4n) is 1.98. The highest BCUT2D eigenvalue weighted by molar-refractivity contribution is 9.11. The molecule has 2 rings (SSSR count). The number of rotatable bonds is 3. The van der Waals surface area contributed by atoms with Crippen LogP contribution in [0.4, 0.5) is 5.69 Å². The summed E-state index contributed by atoms with van der Waals surface area (Å²) in [5.41, 5.74) is 4.02. The molecule has 0 saturated carbocycles. The molecule has 2 aromatic rings. The van der Waals surface area contributed by atoms with E-state index in [1.54, 1.807) is 0 Å². The van der Waals surface area contributed by atoms with Crippen molar-refractivity contribution < 1.29 is 5.11 Å². The Morgan fingerprint density at radius 2 is 1.68 bits per heavy atom. The van der Waals surface area contributed by atoms with Crippen molar-refractivity contribution in [3.05, 3.63) is 56.0 Å². The van der Waals surface area contributed by atoms with E-state index in [9.17, 15) is 5.11 Å². The van der Waals surface area contributed by atoms with Crippen molar-refractivity contribution >= 4 is 37.5 Å². The highest BCUT2D eigenvalue weighted by Gasteiger charge is 2.04. The Balaban J connectivity index is 2.14. The SMILES string of the molecule is Cc1cc(CNc2ccc(Br)cc2Br)cc(C)c1O. The van der Waals surface area contributed by atoms with E-state index < -0.39 is 0 Å². The van der Waals surface area contributed by atoms with Crippen LogP contribution in [0.1, 0.15) is 16.7 Å². The summed E-state index contributed by atoms with van der Waals surface area (Å²) in [6, 6.07) is 10.0. The standard InChI is InChI=1S/C15H15Br2NO/c1-9-5-11(6-10(2)15(9)19)8-18-14-4-3-12(16)7-13(14)17/h3-7,18-19H,8H2,1-2H3. The molecule has 19 heavy (non-hydrogen) atoms. The Morgan fingerprint density at radius 1 is 1.05 bits per heavy atom. The van der Waals surface area contributed by atoms with Crippen LogP contribution in [0.25, 0.3) is 0 Å². The lowest BCUT2D eigenvalue weighted by molar-refractivity contribution is 0.466. The zero-order valence-corrected chi connectivity index (χ0v) is 14.0. The van der Waals surface area contributed by atoms with Gasteiger partial charge in [-0.15, -0.1) is 0 Å². The van der Waals surface area contributed by atoms with E-state index in [1.165, 1.54) is 0 Å². The first-order valence-corrected chi connectivity index (χ1v) is 7.54. The topological polar surface area (TPSA) is 32.3 Å². The third-order valence-electron chi connectivity index (χ3n) is 2.96. The first-order chi connectivity index (χ1) is 8.97. The van der Waals surface area contributed by atoms with Gasteiger partial charge in [0.15, 0.2) is 0 Å². The minimum Gasteiger partial charge on any atom is -0.507 e. The Kier molecular flexibility index (Phi) is 4.53. The summed E-state index contributed by atoms with van der Waals surface area (Å²) >= 11 is 6.96. The fourth-order valence-corrected chi connectivity index (χ4v) is 3.17. The first kappa shape index (κ1) is 14.4. The van der Waals surface area contributed by atoms with Crippen LogP contribution in [0.2, 0.25) is 0 Å². The Hall–Kier alpha value is -1.00. The molecule has 0 aliphatic heterocycles. The molecule has 2 nitrogen and oxygen atoms in total. The number of hydrogen-bond acceptors (Lipinski definition) is 2. The molecule has 0 unspecified atom stereocenters. The van der Waals surface area contributed by atoms with Crippen LogP contribution >= 0.6 is 31.9 Å². The van der Waals surface area contributed by atoms with Gasteiger partial charge in [0, 0.05) is 21.2 Å². The summed E-state index contributed by atoms with van der Waals surface area (Å²) in [6.07, 6.45) is 0. The number of aromatic hydroxyl groups is 1. The van der Waals surface area contributed by atoms with Crippen LogP contribution in [0, 0.1) is 13.8 Å². The van der Waals surface area contributed by atoms with Crippen LogP contribution in [-0.2, 0) is 6.54 Å². The smallest absolute Gasteiger partial charge is 0.121 e. The highest BCUT2D eigenvalue weighted by atomic mass is 79.9. The minimum absolute atomic E-state index is 0.383. The van der Waals surface area contributed by atoms with Crippen molar-refractivity contribution in [2.24, 2.45) is 0 Å². The monoisotopic (exact) mass is 383 g/mol. The second kappa shape index (κ2) is 5.97. The van der Waals surface area contributed by atoms with Gasteiger partial charge in [0.2, 0.25) is 0 Å². The van der Waals surface area contributed by atoms with Crippen molar-refractivity contribution in [2.45, 2.75) is 20.4 Å². The molecule has 0 aliphatic rings. The molecule has 0 amide bonds. The summed E-state index contributed by atoms with van der Waals surface area (Å²) in [4.78, 5) is 0. The molecule has 0 saturated heterocycles. The molecular formula is C15H15Br2NO. The number of anilines is 1. The maximum atomic E-state index is 9.76. The van der Waals surface area contributed by atoms with E-state index >= 15 is 0 Å². The van der Waals surface area contributed by atoms with Crippen LogP contribution in [0.3, 0.4) is 0 Å². The van der Waals surface area contributed by atoms with Gasteiger partial charge in [0.25, 0.3) is 0 Å². The molecule has 0 radical (unpaired) electrons. The minimum atomic E-state index is 0.383. The van der Waals surface area contributed by atoms with Gasteiger partial charge in [-0.1, -0.05) is 28.1 Å². The van der Waals surface area contributed by atoms with Crippen molar-refractivity contribution in [3.63, 3.8) is 0 Å².